The Kier molecular flexibility index (Phi) is 3.56. The fraction of sp³-hybridized carbons (Fsp3) is 0.429. The SMILES string of the molecule is O=c1[nH]c2ccc(NCC3CCOCC3)cc2[nH]c1=O. The second-order valence-electron chi connectivity index (χ2n) is 5.11. The van der Waals surface area contributed by atoms with Crippen molar-refractivity contribution in [2.24, 2.45) is 5.92 Å². The Labute approximate surface area is 115 Å². The van der Waals surface area contributed by atoms with Crippen LogP contribution in [0.1, 0.15) is 12.8 Å². The topological polar surface area (TPSA) is 87.0 Å². The van der Waals surface area contributed by atoms with E-state index in [9.17, 15) is 9.59 Å². The summed E-state index contributed by atoms with van der Waals surface area (Å²) in [5.41, 5.74) is 0.948. The number of ether oxygens (including phenoxy) is 1. The van der Waals surface area contributed by atoms with Gasteiger partial charge in [-0.3, -0.25) is 9.59 Å². The van der Waals surface area contributed by atoms with Crippen LogP contribution in [0, 0.1) is 5.92 Å². The summed E-state index contributed by atoms with van der Waals surface area (Å²) in [6.45, 7) is 2.56. The minimum Gasteiger partial charge on any atom is -0.385 e. The lowest BCUT2D eigenvalue weighted by Gasteiger charge is -2.22. The van der Waals surface area contributed by atoms with Gasteiger partial charge in [-0.25, -0.2) is 0 Å². The third-order valence-electron chi connectivity index (χ3n) is 3.66. The molecule has 2 heterocycles. The van der Waals surface area contributed by atoms with Crippen LogP contribution >= 0.6 is 0 Å². The number of hydrogen-bond acceptors (Lipinski definition) is 4. The van der Waals surface area contributed by atoms with Gasteiger partial charge in [-0.15, -0.1) is 0 Å². The predicted octanol–water partition coefficient (Wildman–Crippen LogP) is 1.05. The molecule has 0 unspecified atom stereocenters. The van der Waals surface area contributed by atoms with Crippen molar-refractivity contribution in [3.05, 3.63) is 38.9 Å². The maximum atomic E-state index is 11.3. The Hall–Kier alpha value is -2.08. The van der Waals surface area contributed by atoms with Gasteiger partial charge in [0, 0.05) is 25.4 Å². The van der Waals surface area contributed by atoms with Crippen LogP contribution in [0.15, 0.2) is 27.8 Å². The molecular weight excluding hydrogens is 258 g/mol. The molecule has 1 aliphatic rings. The average Bonchev–Trinajstić information content (AvgIpc) is 2.47. The molecule has 0 saturated carbocycles. The van der Waals surface area contributed by atoms with Crippen LogP contribution in [-0.4, -0.2) is 29.7 Å². The predicted molar refractivity (Wildman–Crippen MR) is 77.2 cm³/mol. The highest BCUT2D eigenvalue weighted by Gasteiger charge is 2.13. The van der Waals surface area contributed by atoms with E-state index in [-0.39, 0.29) is 0 Å². The van der Waals surface area contributed by atoms with E-state index in [2.05, 4.69) is 15.3 Å². The molecule has 3 rings (SSSR count). The van der Waals surface area contributed by atoms with Gasteiger partial charge in [0.1, 0.15) is 0 Å². The maximum absolute atomic E-state index is 11.3. The summed E-state index contributed by atoms with van der Waals surface area (Å²) < 4.78 is 5.33. The number of fused-ring (bicyclic) bond motifs is 1. The molecule has 3 N–H and O–H groups in total. The average molecular weight is 275 g/mol. The number of aromatic nitrogens is 2. The summed E-state index contributed by atoms with van der Waals surface area (Å²) in [5, 5.41) is 3.37. The summed E-state index contributed by atoms with van der Waals surface area (Å²) in [6, 6.07) is 5.53. The largest absolute Gasteiger partial charge is 0.385 e. The third kappa shape index (κ3) is 2.75. The molecular formula is C14H17N3O3. The molecule has 0 bridgehead atoms. The van der Waals surface area contributed by atoms with Crippen molar-refractivity contribution in [3.8, 4) is 0 Å². The first-order valence-electron chi connectivity index (χ1n) is 6.80. The Morgan fingerprint density at radius 2 is 1.80 bits per heavy atom. The number of rotatable bonds is 3. The first-order chi connectivity index (χ1) is 9.72. The first-order valence-corrected chi connectivity index (χ1v) is 6.80. The minimum absolute atomic E-state index is 0.620. The highest BCUT2D eigenvalue weighted by atomic mass is 16.5. The van der Waals surface area contributed by atoms with Gasteiger partial charge in [0.15, 0.2) is 0 Å². The van der Waals surface area contributed by atoms with Gasteiger partial charge in [-0.05, 0) is 37.0 Å². The van der Waals surface area contributed by atoms with E-state index in [0.29, 0.717) is 17.0 Å². The number of nitrogens with one attached hydrogen (secondary N) is 3. The van der Waals surface area contributed by atoms with E-state index < -0.39 is 11.1 Å². The van der Waals surface area contributed by atoms with Crippen LogP contribution in [0.3, 0.4) is 0 Å². The van der Waals surface area contributed by atoms with E-state index in [1.165, 1.54) is 0 Å². The molecule has 1 saturated heterocycles. The second kappa shape index (κ2) is 5.50. The molecule has 0 aliphatic carbocycles. The third-order valence-corrected chi connectivity index (χ3v) is 3.66. The zero-order chi connectivity index (χ0) is 13.9. The van der Waals surface area contributed by atoms with Crippen LogP contribution in [0.2, 0.25) is 0 Å². The van der Waals surface area contributed by atoms with Crippen molar-refractivity contribution in [2.45, 2.75) is 12.8 Å². The number of H-pyrrole nitrogens is 2. The summed E-state index contributed by atoms with van der Waals surface area (Å²) >= 11 is 0. The highest BCUT2D eigenvalue weighted by Crippen LogP contribution is 2.18. The van der Waals surface area contributed by atoms with Crippen LogP contribution in [0.5, 0.6) is 0 Å². The zero-order valence-electron chi connectivity index (χ0n) is 11.1. The number of hydrogen-bond donors (Lipinski definition) is 3. The molecule has 0 radical (unpaired) electrons. The Balaban J connectivity index is 1.76. The minimum atomic E-state index is -0.626. The summed E-state index contributed by atoms with van der Waals surface area (Å²) in [4.78, 5) is 27.7. The normalized spacial score (nSPS) is 16.4. The summed E-state index contributed by atoms with van der Waals surface area (Å²) in [7, 11) is 0. The zero-order valence-corrected chi connectivity index (χ0v) is 11.1. The second-order valence-corrected chi connectivity index (χ2v) is 5.11. The monoisotopic (exact) mass is 275 g/mol. The highest BCUT2D eigenvalue weighted by molar-refractivity contribution is 5.78. The molecule has 0 amide bonds. The lowest BCUT2D eigenvalue weighted by molar-refractivity contribution is 0.0699. The molecule has 20 heavy (non-hydrogen) atoms. The van der Waals surface area contributed by atoms with Gasteiger partial charge >= 0.3 is 11.1 Å². The smallest absolute Gasteiger partial charge is 0.314 e. The van der Waals surface area contributed by atoms with Crippen molar-refractivity contribution in [3.63, 3.8) is 0 Å². The van der Waals surface area contributed by atoms with Gasteiger partial charge in [0.2, 0.25) is 0 Å². The van der Waals surface area contributed by atoms with E-state index in [1.54, 1.807) is 6.07 Å². The Morgan fingerprint density at radius 1 is 1.10 bits per heavy atom. The molecule has 1 fully saturated rings. The van der Waals surface area contributed by atoms with Crippen LogP contribution in [0.4, 0.5) is 5.69 Å². The van der Waals surface area contributed by atoms with Crippen molar-refractivity contribution in [1.82, 2.24) is 9.97 Å². The molecule has 2 aromatic rings. The molecule has 6 heteroatoms. The van der Waals surface area contributed by atoms with Gasteiger partial charge in [-0.2, -0.15) is 0 Å². The van der Waals surface area contributed by atoms with Crippen molar-refractivity contribution < 1.29 is 4.74 Å². The maximum Gasteiger partial charge on any atom is 0.314 e. The van der Waals surface area contributed by atoms with Crippen LogP contribution in [-0.2, 0) is 4.74 Å². The molecule has 1 aromatic heterocycles. The molecule has 6 nitrogen and oxygen atoms in total. The fourth-order valence-corrected chi connectivity index (χ4v) is 2.44. The Bertz CT molecular complexity index is 713. The molecule has 1 aromatic carbocycles. The summed E-state index contributed by atoms with van der Waals surface area (Å²) in [5.74, 6) is 0.620. The van der Waals surface area contributed by atoms with Gasteiger partial charge in [0.05, 0.1) is 11.0 Å². The molecule has 106 valence electrons. The van der Waals surface area contributed by atoms with Crippen molar-refractivity contribution in [1.29, 1.82) is 0 Å². The van der Waals surface area contributed by atoms with Crippen LogP contribution in [0.25, 0.3) is 11.0 Å². The number of anilines is 1. The van der Waals surface area contributed by atoms with Gasteiger partial charge in [-0.1, -0.05) is 0 Å². The lowest BCUT2D eigenvalue weighted by Crippen LogP contribution is -2.28. The van der Waals surface area contributed by atoms with Crippen molar-refractivity contribution >= 4 is 16.7 Å². The quantitative estimate of drug-likeness (QED) is 0.731. The van der Waals surface area contributed by atoms with Crippen molar-refractivity contribution in [2.75, 3.05) is 25.1 Å². The number of aromatic amines is 2. The molecule has 1 aliphatic heterocycles. The van der Waals surface area contributed by atoms with Crippen LogP contribution < -0.4 is 16.4 Å². The van der Waals surface area contributed by atoms with Gasteiger partial charge < -0.3 is 20.0 Å². The molecule has 0 spiro atoms. The lowest BCUT2D eigenvalue weighted by atomic mass is 10.0. The van der Waals surface area contributed by atoms with E-state index in [1.807, 2.05) is 12.1 Å². The van der Waals surface area contributed by atoms with E-state index in [0.717, 1.165) is 38.3 Å². The summed E-state index contributed by atoms with van der Waals surface area (Å²) in [6.07, 6.45) is 2.15. The van der Waals surface area contributed by atoms with E-state index >= 15 is 0 Å². The standard InChI is InChI=1S/C14H17N3O3/c18-13-14(19)17-12-7-10(1-2-11(12)16-13)15-8-9-3-5-20-6-4-9/h1-2,7,9,15H,3-6,8H2,(H,16,18)(H,17,19). The Morgan fingerprint density at radius 3 is 2.55 bits per heavy atom. The van der Waals surface area contributed by atoms with E-state index in [4.69, 9.17) is 4.74 Å². The van der Waals surface area contributed by atoms with Gasteiger partial charge in [0.25, 0.3) is 0 Å². The number of benzene rings is 1. The molecule has 0 atom stereocenters. The fourth-order valence-electron chi connectivity index (χ4n) is 2.44. The first kappa shape index (κ1) is 12.9.